The number of rotatable bonds is 13. The Morgan fingerprint density at radius 3 is 2.22 bits per heavy atom. The van der Waals surface area contributed by atoms with Crippen LogP contribution in [-0.2, 0) is 9.59 Å². The van der Waals surface area contributed by atoms with E-state index in [2.05, 4.69) is 22.0 Å². The molecule has 1 unspecified atom stereocenters. The third-order valence-corrected chi connectivity index (χ3v) is 10.6. The highest BCUT2D eigenvalue weighted by Gasteiger charge is 2.25. The van der Waals surface area contributed by atoms with Crippen LogP contribution in [0.25, 0.3) is 17.2 Å². The molecule has 1 aromatic heterocycles. The van der Waals surface area contributed by atoms with Gasteiger partial charge in [-0.1, -0.05) is 96.6 Å². The first-order valence-electron chi connectivity index (χ1n) is 17.1. The smallest absolute Gasteiger partial charge is 0.272 e. The number of amides is 3. The Balaban J connectivity index is 1.26. The average Bonchev–Trinajstić information content (AvgIpc) is 3.62. The molecule has 1 heterocycles. The number of hydrogen-bond acceptors (Lipinski definition) is 8. The fourth-order valence-corrected chi connectivity index (χ4v) is 7.70. The number of methoxy groups -OCH3 is 2. The predicted octanol–water partition coefficient (Wildman–Crippen LogP) is 9.49. The molecule has 0 aliphatic carbocycles. The first kappa shape index (κ1) is 38.1. The number of nitriles is 1. The minimum Gasteiger partial charge on any atom is -0.493 e. The van der Waals surface area contributed by atoms with Gasteiger partial charge in [0.15, 0.2) is 11.5 Å². The number of para-hydroxylation sites is 1. The molecular formula is C44H36N4O5S2. The lowest BCUT2D eigenvalue weighted by molar-refractivity contribution is -0.116. The highest BCUT2D eigenvalue weighted by molar-refractivity contribution is 8.00. The number of thioether (sulfide) groups is 1. The van der Waals surface area contributed by atoms with Gasteiger partial charge in [0.25, 0.3) is 11.8 Å². The minimum absolute atomic E-state index is 0.0331. The fraction of sp³-hybridized carbons (Fsp3) is 0.0909. The molecule has 0 saturated carbocycles. The third kappa shape index (κ3) is 9.31. The summed E-state index contributed by atoms with van der Waals surface area (Å²) in [5.41, 5.74) is 5.21. The van der Waals surface area contributed by atoms with Gasteiger partial charge in [-0.2, -0.15) is 5.26 Å². The summed E-state index contributed by atoms with van der Waals surface area (Å²) >= 11 is 2.61. The second-order valence-electron chi connectivity index (χ2n) is 12.2. The monoisotopic (exact) mass is 764 g/mol. The maximum absolute atomic E-state index is 14.0. The fourth-order valence-electron chi connectivity index (χ4n) is 5.69. The number of nitrogens with zero attached hydrogens (tertiary/aromatic N) is 1. The van der Waals surface area contributed by atoms with Crippen LogP contribution >= 0.6 is 23.1 Å². The van der Waals surface area contributed by atoms with E-state index in [4.69, 9.17) is 9.47 Å². The number of nitrogens with one attached hydrogen (secondary N) is 3. The summed E-state index contributed by atoms with van der Waals surface area (Å²) < 4.78 is 11.0. The number of ether oxygens (including phenoxy) is 2. The van der Waals surface area contributed by atoms with Crippen LogP contribution in [0.3, 0.4) is 0 Å². The largest absolute Gasteiger partial charge is 0.493 e. The van der Waals surface area contributed by atoms with Gasteiger partial charge >= 0.3 is 0 Å². The van der Waals surface area contributed by atoms with Crippen LogP contribution in [0.4, 0.5) is 10.7 Å². The Morgan fingerprint density at radius 2 is 1.53 bits per heavy atom. The zero-order valence-corrected chi connectivity index (χ0v) is 31.8. The van der Waals surface area contributed by atoms with Crippen molar-refractivity contribution in [3.8, 4) is 28.7 Å². The normalized spacial score (nSPS) is 11.5. The van der Waals surface area contributed by atoms with Crippen molar-refractivity contribution in [3.63, 3.8) is 0 Å². The lowest BCUT2D eigenvalue weighted by Gasteiger charge is -2.18. The quantitative estimate of drug-likeness (QED) is 0.0789. The molecule has 274 valence electrons. The molecule has 3 N–H and O–H groups in total. The van der Waals surface area contributed by atoms with Gasteiger partial charge in [0, 0.05) is 32.7 Å². The molecule has 3 amide bonds. The van der Waals surface area contributed by atoms with Crippen molar-refractivity contribution >= 4 is 57.6 Å². The van der Waals surface area contributed by atoms with Crippen molar-refractivity contribution in [2.45, 2.75) is 17.1 Å². The van der Waals surface area contributed by atoms with E-state index in [1.165, 1.54) is 43.4 Å². The van der Waals surface area contributed by atoms with E-state index >= 15 is 0 Å². The molecule has 9 nitrogen and oxygen atoms in total. The number of hydrogen-bond donors (Lipinski definition) is 3. The molecule has 0 spiro atoms. The second-order valence-corrected chi connectivity index (χ2v) is 14.2. The van der Waals surface area contributed by atoms with E-state index in [1.54, 1.807) is 66.7 Å². The summed E-state index contributed by atoms with van der Waals surface area (Å²) in [7, 11) is 3.01. The number of carbonyl (C=O) groups excluding carboxylic acids is 3. The van der Waals surface area contributed by atoms with E-state index in [-0.39, 0.29) is 11.6 Å². The van der Waals surface area contributed by atoms with Crippen molar-refractivity contribution in [1.29, 1.82) is 5.26 Å². The number of anilines is 2. The summed E-state index contributed by atoms with van der Waals surface area (Å²) in [5, 5.41) is 20.4. The maximum atomic E-state index is 14.0. The first-order valence-corrected chi connectivity index (χ1v) is 18.9. The van der Waals surface area contributed by atoms with Gasteiger partial charge in [-0.25, -0.2) is 0 Å². The van der Waals surface area contributed by atoms with Gasteiger partial charge in [0.1, 0.15) is 22.0 Å². The summed E-state index contributed by atoms with van der Waals surface area (Å²) in [6.45, 7) is 2.00. The molecule has 0 saturated heterocycles. The molecule has 55 heavy (non-hydrogen) atoms. The Morgan fingerprint density at radius 1 is 0.818 bits per heavy atom. The highest BCUT2D eigenvalue weighted by Crippen LogP contribution is 2.40. The van der Waals surface area contributed by atoms with E-state index in [0.717, 1.165) is 22.3 Å². The lowest BCUT2D eigenvalue weighted by atomic mass is 10.0. The maximum Gasteiger partial charge on any atom is 0.272 e. The number of benzene rings is 5. The third-order valence-electron chi connectivity index (χ3n) is 8.45. The minimum atomic E-state index is -0.704. The number of carbonyl (C=O) groups is 3. The topological polar surface area (TPSA) is 130 Å². The molecule has 1 atom stereocenters. The summed E-state index contributed by atoms with van der Waals surface area (Å²) in [5.74, 6) is -0.507. The van der Waals surface area contributed by atoms with Gasteiger partial charge in [0.2, 0.25) is 5.91 Å². The lowest BCUT2D eigenvalue weighted by Crippen LogP contribution is -2.30. The molecule has 6 aromatic rings. The van der Waals surface area contributed by atoms with Gasteiger partial charge < -0.3 is 25.4 Å². The van der Waals surface area contributed by atoms with Crippen molar-refractivity contribution < 1.29 is 23.9 Å². The van der Waals surface area contributed by atoms with Crippen LogP contribution in [0.1, 0.15) is 37.9 Å². The molecule has 0 aliphatic rings. The molecule has 0 bridgehead atoms. The van der Waals surface area contributed by atoms with Crippen LogP contribution < -0.4 is 25.4 Å². The van der Waals surface area contributed by atoms with Crippen LogP contribution in [0.5, 0.6) is 11.5 Å². The first-order chi connectivity index (χ1) is 26.8. The Bertz CT molecular complexity index is 2390. The SMILES string of the molecule is COc1cccc(/C=C(/NC(=O)c2ccccc2)C(=O)Nc2cccc(SC(C(=O)Nc3scc(-c4ccc(C)cc4)c3C#N)c3ccccc3)c2)c1OC. The van der Waals surface area contributed by atoms with Crippen LogP contribution in [0.15, 0.2) is 143 Å². The van der Waals surface area contributed by atoms with E-state index in [9.17, 15) is 19.6 Å². The van der Waals surface area contributed by atoms with Gasteiger partial charge in [0.05, 0.1) is 19.8 Å². The predicted molar refractivity (Wildman–Crippen MR) is 219 cm³/mol. The van der Waals surface area contributed by atoms with Gasteiger partial charge in [-0.3, -0.25) is 14.4 Å². The molecule has 0 radical (unpaired) electrons. The summed E-state index contributed by atoms with van der Waals surface area (Å²) in [4.78, 5) is 41.9. The van der Waals surface area contributed by atoms with E-state index in [1.807, 2.05) is 73.0 Å². The van der Waals surface area contributed by atoms with Crippen molar-refractivity contribution in [1.82, 2.24) is 5.32 Å². The van der Waals surface area contributed by atoms with Gasteiger partial charge in [-0.15, -0.1) is 23.1 Å². The highest BCUT2D eigenvalue weighted by atomic mass is 32.2. The van der Waals surface area contributed by atoms with Crippen LogP contribution in [0.2, 0.25) is 0 Å². The van der Waals surface area contributed by atoms with E-state index in [0.29, 0.717) is 43.8 Å². The zero-order chi connectivity index (χ0) is 38.7. The standard InChI is InChI=1S/C44H36N4O5S2/c1-28-20-22-29(23-21-28)36-27-54-44(35(36)26-45)48-43(51)40(30-12-6-4-7-13-30)55-34-18-11-17-33(25-34)46-42(50)37(47-41(49)31-14-8-5-9-15-31)24-32-16-10-19-38(52-2)39(32)53-3/h4-25,27,40H,1-3H3,(H,46,50)(H,47,49)(H,48,51)/b37-24+. The number of aryl methyl sites for hydroxylation is 1. The molecule has 0 aliphatic heterocycles. The van der Waals surface area contributed by atoms with Crippen molar-refractivity contribution in [3.05, 3.63) is 166 Å². The number of thiophene rings is 1. The van der Waals surface area contributed by atoms with Crippen LogP contribution in [0, 0.1) is 18.3 Å². The average molecular weight is 765 g/mol. The molecule has 6 rings (SSSR count). The Labute approximate surface area is 327 Å². The molecular weight excluding hydrogens is 729 g/mol. The molecule has 0 fully saturated rings. The van der Waals surface area contributed by atoms with Crippen molar-refractivity contribution in [2.24, 2.45) is 0 Å². The van der Waals surface area contributed by atoms with E-state index < -0.39 is 17.1 Å². The van der Waals surface area contributed by atoms with Crippen molar-refractivity contribution in [2.75, 3.05) is 24.9 Å². The van der Waals surface area contributed by atoms with Crippen LogP contribution in [-0.4, -0.2) is 31.9 Å². The Hall–Kier alpha value is -6.61. The molecule has 5 aromatic carbocycles. The second kappa shape index (κ2) is 17.9. The Kier molecular flexibility index (Phi) is 12.4. The zero-order valence-electron chi connectivity index (χ0n) is 30.2. The van der Waals surface area contributed by atoms with Gasteiger partial charge in [-0.05, 0) is 60.5 Å². The summed E-state index contributed by atoms with van der Waals surface area (Å²) in [6.07, 6.45) is 1.52. The molecule has 11 heteroatoms. The summed E-state index contributed by atoms with van der Waals surface area (Å²) in [6, 6.07) is 40.4.